The van der Waals surface area contributed by atoms with Crippen LogP contribution in [-0.2, 0) is 19.6 Å². The maximum absolute atomic E-state index is 14.3. The Kier molecular flexibility index (Phi) is 7.14. The average molecular weight is 396 g/mol. The largest absolute Gasteiger partial charge is 0.497 e. The number of para-hydroxylation sites is 1. The van der Waals surface area contributed by atoms with Crippen molar-refractivity contribution in [3.05, 3.63) is 54.3 Å². The summed E-state index contributed by atoms with van der Waals surface area (Å²) in [7, 11) is -1.25. The van der Waals surface area contributed by atoms with Crippen LogP contribution in [0.25, 0.3) is 0 Å². The zero-order chi connectivity index (χ0) is 19.9. The van der Waals surface area contributed by atoms with Gasteiger partial charge in [0.25, 0.3) is 10.0 Å². The number of hydrogen-bond acceptors (Lipinski definition) is 5. The third-order valence-electron chi connectivity index (χ3n) is 3.68. The molecule has 0 spiro atoms. The number of ether oxygens (including phenoxy) is 2. The SMILES string of the molecule is COCCNC(=O)CN(c1ccccc1F)S(=O)(=O)c1ccc(OC)cc1. The van der Waals surface area contributed by atoms with E-state index in [-0.39, 0.29) is 23.7 Å². The highest BCUT2D eigenvalue weighted by Gasteiger charge is 2.29. The van der Waals surface area contributed by atoms with Gasteiger partial charge in [-0.1, -0.05) is 12.1 Å². The van der Waals surface area contributed by atoms with Crippen molar-refractivity contribution in [3.8, 4) is 5.75 Å². The molecule has 1 amide bonds. The Hall–Kier alpha value is -2.65. The maximum atomic E-state index is 14.3. The highest BCUT2D eigenvalue weighted by Crippen LogP contribution is 2.27. The second kappa shape index (κ2) is 9.33. The monoisotopic (exact) mass is 396 g/mol. The van der Waals surface area contributed by atoms with Crippen molar-refractivity contribution in [1.29, 1.82) is 0 Å². The number of benzene rings is 2. The Labute approximate surface area is 157 Å². The Morgan fingerprint density at radius 2 is 1.78 bits per heavy atom. The van der Waals surface area contributed by atoms with E-state index in [1.54, 1.807) is 0 Å². The van der Waals surface area contributed by atoms with E-state index in [1.165, 1.54) is 56.7 Å². The summed E-state index contributed by atoms with van der Waals surface area (Å²) in [5, 5.41) is 2.53. The number of sulfonamides is 1. The highest BCUT2D eigenvalue weighted by molar-refractivity contribution is 7.92. The van der Waals surface area contributed by atoms with Gasteiger partial charge in [-0.15, -0.1) is 0 Å². The molecular weight excluding hydrogens is 375 g/mol. The highest BCUT2D eigenvalue weighted by atomic mass is 32.2. The van der Waals surface area contributed by atoms with Crippen LogP contribution in [0.3, 0.4) is 0 Å². The van der Waals surface area contributed by atoms with Gasteiger partial charge in [-0.2, -0.15) is 0 Å². The summed E-state index contributed by atoms with van der Waals surface area (Å²) in [6.45, 7) is -0.0846. The summed E-state index contributed by atoms with van der Waals surface area (Å²) in [5.41, 5.74) is -0.213. The van der Waals surface area contributed by atoms with E-state index in [0.29, 0.717) is 5.75 Å². The van der Waals surface area contributed by atoms with Gasteiger partial charge < -0.3 is 14.8 Å². The first-order valence-electron chi connectivity index (χ1n) is 8.07. The summed E-state index contributed by atoms with van der Waals surface area (Å²) < 4.78 is 51.0. The van der Waals surface area contributed by atoms with E-state index < -0.39 is 28.3 Å². The molecule has 9 heteroatoms. The number of carbonyl (C=O) groups excluding carboxylic acids is 1. The molecule has 0 heterocycles. The quantitative estimate of drug-likeness (QED) is 0.654. The van der Waals surface area contributed by atoms with Crippen molar-refractivity contribution in [3.63, 3.8) is 0 Å². The minimum atomic E-state index is -4.18. The fraction of sp³-hybridized carbons (Fsp3) is 0.278. The summed E-state index contributed by atoms with van der Waals surface area (Å²) >= 11 is 0. The predicted octanol–water partition coefficient (Wildman–Crippen LogP) is 1.79. The lowest BCUT2D eigenvalue weighted by molar-refractivity contribution is -0.119. The minimum Gasteiger partial charge on any atom is -0.497 e. The van der Waals surface area contributed by atoms with Gasteiger partial charge in [-0.25, -0.2) is 12.8 Å². The Morgan fingerprint density at radius 3 is 2.37 bits per heavy atom. The van der Waals surface area contributed by atoms with Crippen LogP contribution in [0.2, 0.25) is 0 Å². The normalized spacial score (nSPS) is 11.1. The van der Waals surface area contributed by atoms with Crippen molar-refractivity contribution in [2.75, 3.05) is 38.2 Å². The molecular formula is C18H21FN2O5S. The number of rotatable bonds is 9. The third kappa shape index (κ3) is 5.18. The fourth-order valence-electron chi connectivity index (χ4n) is 2.31. The molecule has 1 N–H and O–H groups in total. The van der Waals surface area contributed by atoms with Gasteiger partial charge in [0.1, 0.15) is 18.1 Å². The van der Waals surface area contributed by atoms with Gasteiger partial charge in [0.05, 0.1) is 24.3 Å². The number of hydrogen-bond donors (Lipinski definition) is 1. The number of nitrogens with zero attached hydrogens (tertiary/aromatic N) is 1. The topological polar surface area (TPSA) is 84.9 Å². The van der Waals surface area contributed by atoms with Gasteiger partial charge >= 0.3 is 0 Å². The van der Waals surface area contributed by atoms with E-state index in [9.17, 15) is 17.6 Å². The predicted molar refractivity (Wildman–Crippen MR) is 98.8 cm³/mol. The number of methoxy groups -OCH3 is 2. The van der Waals surface area contributed by atoms with E-state index in [2.05, 4.69) is 5.32 Å². The van der Waals surface area contributed by atoms with Crippen molar-refractivity contribution >= 4 is 21.6 Å². The van der Waals surface area contributed by atoms with Crippen LogP contribution in [0.4, 0.5) is 10.1 Å². The number of amides is 1. The number of nitrogens with one attached hydrogen (secondary N) is 1. The van der Waals surface area contributed by atoms with E-state index >= 15 is 0 Å². The first kappa shape index (κ1) is 20.7. The number of halogens is 1. The number of carbonyl (C=O) groups is 1. The smallest absolute Gasteiger partial charge is 0.264 e. The maximum Gasteiger partial charge on any atom is 0.264 e. The molecule has 0 unspecified atom stereocenters. The molecule has 2 aromatic rings. The van der Waals surface area contributed by atoms with Gasteiger partial charge in [-0.05, 0) is 36.4 Å². The average Bonchev–Trinajstić information content (AvgIpc) is 2.67. The molecule has 0 saturated heterocycles. The van der Waals surface area contributed by atoms with Crippen molar-refractivity contribution in [2.45, 2.75) is 4.90 Å². The molecule has 0 fully saturated rings. The van der Waals surface area contributed by atoms with Crippen LogP contribution in [0.5, 0.6) is 5.75 Å². The lowest BCUT2D eigenvalue weighted by Crippen LogP contribution is -2.42. The molecule has 7 nitrogen and oxygen atoms in total. The van der Waals surface area contributed by atoms with E-state index in [0.717, 1.165) is 10.4 Å². The molecule has 2 aromatic carbocycles. The fourth-order valence-corrected chi connectivity index (χ4v) is 3.74. The first-order chi connectivity index (χ1) is 12.9. The summed E-state index contributed by atoms with van der Waals surface area (Å²) in [6, 6.07) is 11.0. The molecule has 0 atom stereocenters. The first-order valence-corrected chi connectivity index (χ1v) is 9.51. The molecule has 0 radical (unpaired) electrons. The van der Waals surface area contributed by atoms with Gasteiger partial charge in [0.15, 0.2) is 0 Å². The summed E-state index contributed by atoms with van der Waals surface area (Å²) in [4.78, 5) is 12.1. The molecule has 146 valence electrons. The summed E-state index contributed by atoms with van der Waals surface area (Å²) in [5.74, 6) is -0.852. The molecule has 0 aromatic heterocycles. The van der Waals surface area contributed by atoms with Crippen LogP contribution >= 0.6 is 0 Å². The van der Waals surface area contributed by atoms with Gasteiger partial charge in [0, 0.05) is 13.7 Å². The summed E-state index contributed by atoms with van der Waals surface area (Å²) in [6.07, 6.45) is 0. The molecule has 0 saturated carbocycles. The van der Waals surface area contributed by atoms with Gasteiger partial charge in [-0.3, -0.25) is 9.10 Å². The van der Waals surface area contributed by atoms with Crippen LogP contribution < -0.4 is 14.4 Å². The van der Waals surface area contributed by atoms with Crippen molar-refractivity contribution < 1.29 is 27.1 Å². The lowest BCUT2D eigenvalue weighted by Gasteiger charge is -2.24. The second-order valence-corrected chi connectivity index (χ2v) is 7.34. The molecule has 0 aliphatic heterocycles. The molecule has 0 aliphatic rings. The zero-order valence-corrected chi connectivity index (χ0v) is 15.8. The number of anilines is 1. The van der Waals surface area contributed by atoms with Crippen LogP contribution in [-0.4, -0.2) is 48.2 Å². The standard InChI is InChI=1S/C18H21FN2O5S/c1-25-12-11-20-18(22)13-21(17-6-4-3-5-16(17)19)27(23,24)15-9-7-14(26-2)8-10-15/h3-10H,11-13H2,1-2H3,(H,20,22). The Bertz CT molecular complexity index is 872. The minimum absolute atomic E-state index is 0.0868. The Morgan fingerprint density at radius 1 is 1.11 bits per heavy atom. The van der Waals surface area contributed by atoms with Crippen LogP contribution in [0, 0.1) is 5.82 Å². The molecule has 2 rings (SSSR count). The van der Waals surface area contributed by atoms with Crippen LogP contribution in [0.1, 0.15) is 0 Å². The molecule has 27 heavy (non-hydrogen) atoms. The Balaban J connectivity index is 2.38. The molecule has 0 aliphatic carbocycles. The van der Waals surface area contributed by atoms with Gasteiger partial charge in [0.2, 0.25) is 5.91 Å². The second-order valence-electron chi connectivity index (χ2n) is 5.48. The van der Waals surface area contributed by atoms with Crippen LogP contribution in [0.15, 0.2) is 53.4 Å². The zero-order valence-electron chi connectivity index (χ0n) is 15.0. The lowest BCUT2D eigenvalue weighted by atomic mass is 10.3. The third-order valence-corrected chi connectivity index (χ3v) is 5.46. The van der Waals surface area contributed by atoms with E-state index in [4.69, 9.17) is 9.47 Å². The molecule has 0 bridgehead atoms. The van der Waals surface area contributed by atoms with Crippen molar-refractivity contribution in [1.82, 2.24) is 5.32 Å². The van der Waals surface area contributed by atoms with Crippen molar-refractivity contribution in [2.24, 2.45) is 0 Å². The van der Waals surface area contributed by atoms with E-state index in [1.807, 2.05) is 0 Å².